The van der Waals surface area contributed by atoms with Gasteiger partial charge in [0.2, 0.25) is 0 Å². The number of pyridine rings is 1. The normalized spacial score (nSPS) is 15.3. The minimum atomic E-state index is -0.508. The first-order valence-corrected chi connectivity index (χ1v) is 11.8. The van der Waals surface area contributed by atoms with E-state index in [4.69, 9.17) is 19.2 Å². The lowest BCUT2D eigenvalue weighted by Crippen LogP contribution is -2.29. The van der Waals surface area contributed by atoms with E-state index < -0.39 is 18.5 Å². The van der Waals surface area contributed by atoms with Gasteiger partial charge in [-0.2, -0.15) is 0 Å². The number of ether oxygens (including phenoxy) is 3. The fourth-order valence-electron chi connectivity index (χ4n) is 4.65. The van der Waals surface area contributed by atoms with Crippen molar-refractivity contribution in [3.8, 4) is 11.5 Å². The molecule has 0 saturated carbocycles. The number of benzene rings is 2. The molecule has 3 aromatic rings. The number of carbonyl (C=O) groups excluding carboxylic acids is 2. The van der Waals surface area contributed by atoms with Crippen molar-refractivity contribution in [1.82, 2.24) is 4.98 Å². The summed E-state index contributed by atoms with van der Waals surface area (Å²) in [6.07, 6.45) is 2.61. The van der Waals surface area contributed by atoms with Gasteiger partial charge in [-0.05, 0) is 54.4 Å². The number of rotatable bonds is 6. The number of fused-ring (bicyclic) bond motifs is 2. The lowest BCUT2D eigenvalue weighted by Gasteiger charge is -2.35. The van der Waals surface area contributed by atoms with Gasteiger partial charge in [-0.3, -0.25) is 9.78 Å². The number of esters is 1. The minimum absolute atomic E-state index is 0.113. The highest BCUT2D eigenvalue weighted by molar-refractivity contribution is 6.06. The van der Waals surface area contributed by atoms with E-state index in [-0.39, 0.29) is 5.41 Å². The second kappa shape index (κ2) is 9.94. The second-order valence-corrected chi connectivity index (χ2v) is 9.93. The molecule has 35 heavy (non-hydrogen) atoms. The number of anilines is 1. The van der Waals surface area contributed by atoms with Gasteiger partial charge in [-0.25, -0.2) is 4.79 Å². The van der Waals surface area contributed by atoms with Gasteiger partial charge in [0.05, 0.1) is 31.0 Å². The molecule has 0 aliphatic heterocycles. The summed E-state index contributed by atoms with van der Waals surface area (Å²) in [4.78, 5) is 30.8. The van der Waals surface area contributed by atoms with Crippen LogP contribution in [0.25, 0.3) is 10.9 Å². The van der Waals surface area contributed by atoms with Crippen LogP contribution in [-0.2, 0) is 22.4 Å². The van der Waals surface area contributed by atoms with Gasteiger partial charge in [0.1, 0.15) is 11.5 Å². The van der Waals surface area contributed by atoms with Crippen LogP contribution in [0, 0.1) is 11.3 Å². The average Bonchev–Trinajstić information content (AvgIpc) is 2.85. The molecule has 1 unspecified atom stereocenters. The van der Waals surface area contributed by atoms with Crippen LogP contribution in [0.5, 0.6) is 11.5 Å². The van der Waals surface area contributed by atoms with Crippen molar-refractivity contribution < 1.29 is 23.8 Å². The zero-order valence-electron chi connectivity index (χ0n) is 20.9. The van der Waals surface area contributed by atoms with E-state index in [0.29, 0.717) is 28.7 Å². The van der Waals surface area contributed by atoms with E-state index in [9.17, 15) is 9.59 Å². The quantitative estimate of drug-likeness (QED) is 0.492. The number of aryl methyl sites for hydroxylation is 1. The van der Waals surface area contributed by atoms with E-state index in [1.54, 1.807) is 25.3 Å². The average molecular weight is 477 g/mol. The zero-order chi connectivity index (χ0) is 25.2. The van der Waals surface area contributed by atoms with Crippen LogP contribution in [0.1, 0.15) is 48.8 Å². The molecular weight excluding hydrogens is 444 g/mol. The van der Waals surface area contributed by atoms with E-state index in [1.165, 1.54) is 7.11 Å². The number of carbonyl (C=O) groups is 2. The number of amides is 1. The summed E-state index contributed by atoms with van der Waals surface area (Å²) in [6.45, 7) is 6.27. The molecule has 0 saturated heterocycles. The second-order valence-electron chi connectivity index (χ2n) is 9.93. The van der Waals surface area contributed by atoms with Crippen LogP contribution >= 0.6 is 0 Å². The number of nitrogens with one attached hydrogen (secondary N) is 1. The first-order chi connectivity index (χ1) is 16.7. The number of nitrogens with zero attached hydrogens (tertiary/aromatic N) is 1. The van der Waals surface area contributed by atoms with Crippen LogP contribution in [0.4, 0.5) is 5.69 Å². The number of para-hydroxylation sites is 1. The largest absolute Gasteiger partial charge is 0.497 e. The highest BCUT2D eigenvalue weighted by Gasteiger charge is 2.33. The molecule has 0 fully saturated rings. The van der Waals surface area contributed by atoms with Crippen molar-refractivity contribution in [3.05, 3.63) is 59.3 Å². The van der Waals surface area contributed by atoms with E-state index in [2.05, 4.69) is 26.1 Å². The molecule has 0 radical (unpaired) electrons. The lowest BCUT2D eigenvalue weighted by molar-refractivity contribution is -0.119. The van der Waals surface area contributed by atoms with Gasteiger partial charge in [-0.15, -0.1) is 0 Å². The number of hydrogen-bond acceptors (Lipinski definition) is 6. The summed E-state index contributed by atoms with van der Waals surface area (Å²) in [5, 5.41) is 3.49. The maximum atomic E-state index is 13.4. The Morgan fingerprint density at radius 3 is 2.57 bits per heavy atom. The summed E-state index contributed by atoms with van der Waals surface area (Å²) in [6, 6.07) is 12.7. The Labute approximate surface area is 205 Å². The SMILES string of the molecule is COc1ccc(NC(=O)COC(=O)c2c3c(nc4ccccc24)CCC(C(C)(C)C)C3)c(OC)c1. The van der Waals surface area contributed by atoms with Crippen molar-refractivity contribution >= 4 is 28.5 Å². The summed E-state index contributed by atoms with van der Waals surface area (Å²) in [5.74, 6) is 0.517. The maximum Gasteiger partial charge on any atom is 0.339 e. The molecule has 1 aromatic heterocycles. The molecule has 4 rings (SSSR count). The molecule has 2 aromatic carbocycles. The van der Waals surface area contributed by atoms with Gasteiger partial charge in [-0.1, -0.05) is 39.0 Å². The first-order valence-electron chi connectivity index (χ1n) is 11.8. The molecule has 1 N–H and O–H groups in total. The van der Waals surface area contributed by atoms with E-state index in [1.807, 2.05) is 24.3 Å². The first kappa shape index (κ1) is 24.5. The standard InChI is InChI=1S/C28H32N2O5/c1-28(2,3)17-10-12-22-20(14-17)26(19-8-6-7-9-21(19)29-22)27(32)35-16-25(31)30-23-13-11-18(33-4)15-24(23)34-5/h6-9,11,13,15,17H,10,12,14,16H2,1-5H3,(H,30,31). The predicted octanol–water partition coefficient (Wildman–Crippen LogP) is 5.20. The predicted molar refractivity (Wildman–Crippen MR) is 135 cm³/mol. The third-order valence-electron chi connectivity index (χ3n) is 6.71. The molecule has 1 heterocycles. The van der Waals surface area contributed by atoms with Crippen molar-refractivity contribution in [2.45, 2.75) is 40.0 Å². The molecule has 0 bridgehead atoms. The summed E-state index contributed by atoms with van der Waals surface area (Å²) >= 11 is 0. The Kier molecular flexibility index (Phi) is 6.96. The Morgan fingerprint density at radius 2 is 1.86 bits per heavy atom. The van der Waals surface area contributed by atoms with Crippen LogP contribution < -0.4 is 14.8 Å². The van der Waals surface area contributed by atoms with Gasteiger partial charge in [0, 0.05) is 17.1 Å². The third kappa shape index (κ3) is 5.24. The number of aromatic nitrogens is 1. The van der Waals surface area contributed by atoms with Gasteiger partial charge in [0.15, 0.2) is 6.61 Å². The van der Waals surface area contributed by atoms with Crippen LogP contribution in [0.15, 0.2) is 42.5 Å². The smallest absolute Gasteiger partial charge is 0.339 e. The lowest BCUT2D eigenvalue weighted by atomic mass is 9.70. The van der Waals surface area contributed by atoms with Crippen molar-refractivity contribution in [1.29, 1.82) is 0 Å². The van der Waals surface area contributed by atoms with Crippen molar-refractivity contribution in [2.75, 3.05) is 26.1 Å². The number of hydrogen-bond donors (Lipinski definition) is 1. The van der Waals surface area contributed by atoms with Crippen molar-refractivity contribution in [3.63, 3.8) is 0 Å². The minimum Gasteiger partial charge on any atom is -0.497 e. The third-order valence-corrected chi connectivity index (χ3v) is 6.71. The zero-order valence-corrected chi connectivity index (χ0v) is 20.9. The maximum absolute atomic E-state index is 13.4. The molecule has 1 aliphatic rings. The molecule has 1 aliphatic carbocycles. The highest BCUT2D eigenvalue weighted by Crippen LogP contribution is 2.39. The monoisotopic (exact) mass is 476 g/mol. The van der Waals surface area contributed by atoms with Gasteiger partial charge >= 0.3 is 5.97 Å². The highest BCUT2D eigenvalue weighted by atomic mass is 16.5. The summed E-state index contributed by atoms with van der Waals surface area (Å²) < 4.78 is 16.0. The number of methoxy groups -OCH3 is 2. The van der Waals surface area contributed by atoms with Crippen molar-refractivity contribution in [2.24, 2.45) is 11.3 Å². The Balaban J connectivity index is 1.57. The van der Waals surface area contributed by atoms with Crippen LogP contribution in [0.3, 0.4) is 0 Å². The fourth-order valence-corrected chi connectivity index (χ4v) is 4.65. The van der Waals surface area contributed by atoms with Gasteiger partial charge in [0.25, 0.3) is 5.91 Å². The fraction of sp³-hybridized carbons (Fsp3) is 0.393. The molecule has 7 nitrogen and oxygen atoms in total. The van der Waals surface area contributed by atoms with Crippen LogP contribution in [0.2, 0.25) is 0 Å². The molecule has 1 amide bonds. The Hall–Kier alpha value is -3.61. The molecule has 7 heteroatoms. The molecular formula is C28H32N2O5. The van der Waals surface area contributed by atoms with Crippen LogP contribution in [-0.4, -0.2) is 37.7 Å². The Bertz CT molecular complexity index is 1260. The molecule has 1 atom stereocenters. The topological polar surface area (TPSA) is 86.8 Å². The molecule has 0 spiro atoms. The van der Waals surface area contributed by atoms with Gasteiger partial charge < -0.3 is 19.5 Å². The molecule has 184 valence electrons. The van der Waals surface area contributed by atoms with E-state index in [0.717, 1.165) is 41.4 Å². The summed E-state index contributed by atoms with van der Waals surface area (Å²) in [5.41, 5.74) is 3.76. The Morgan fingerprint density at radius 1 is 1.09 bits per heavy atom. The summed E-state index contributed by atoms with van der Waals surface area (Å²) in [7, 11) is 3.06. The van der Waals surface area contributed by atoms with E-state index >= 15 is 0 Å².